The summed E-state index contributed by atoms with van der Waals surface area (Å²) in [6, 6.07) is 23.8. The van der Waals surface area contributed by atoms with Crippen molar-refractivity contribution in [1.82, 2.24) is 0 Å². The average Bonchev–Trinajstić information content (AvgIpc) is 2.65. The van der Waals surface area contributed by atoms with Gasteiger partial charge < -0.3 is 4.74 Å². The van der Waals surface area contributed by atoms with Crippen LogP contribution in [0.4, 0.5) is 4.39 Å². The molecule has 0 saturated carbocycles. The summed E-state index contributed by atoms with van der Waals surface area (Å²) in [4.78, 5) is 15.3. The van der Waals surface area contributed by atoms with Crippen LogP contribution in [0, 0.1) is 5.82 Å². The lowest BCUT2D eigenvalue weighted by atomic mass is 10.2. The van der Waals surface area contributed by atoms with Gasteiger partial charge in [-0.25, -0.2) is 9.18 Å². The SMILES string of the molecule is CCOC(=O)c1ccccc1[S+](c1ccccc1)c1ccc(F)cc1. The molecule has 0 saturated heterocycles. The number of ether oxygens (including phenoxy) is 1. The lowest BCUT2D eigenvalue weighted by Gasteiger charge is -2.11. The van der Waals surface area contributed by atoms with Gasteiger partial charge in [0.25, 0.3) is 0 Å². The van der Waals surface area contributed by atoms with E-state index in [-0.39, 0.29) is 11.8 Å². The molecule has 0 N–H and O–H groups in total. The Kier molecular flexibility index (Phi) is 5.51. The topological polar surface area (TPSA) is 26.3 Å². The lowest BCUT2D eigenvalue weighted by molar-refractivity contribution is 0.0522. The van der Waals surface area contributed by atoms with E-state index < -0.39 is 10.9 Å². The first-order valence-corrected chi connectivity index (χ1v) is 9.24. The molecule has 1 atom stereocenters. The molecule has 0 bridgehead atoms. The van der Waals surface area contributed by atoms with E-state index in [1.165, 1.54) is 12.1 Å². The molecule has 1 unspecified atom stereocenters. The van der Waals surface area contributed by atoms with Crippen LogP contribution < -0.4 is 0 Å². The Balaban J connectivity index is 2.16. The second-order valence-electron chi connectivity index (χ2n) is 5.29. The Morgan fingerprint density at radius 2 is 1.48 bits per heavy atom. The second-order valence-corrected chi connectivity index (χ2v) is 7.28. The van der Waals surface area contributed by atoms with Gasteiger partial charge in [0, 0.05) is 0 Å². The summed E-state index contributed by atoms with van der Waals surface area (Å²) in [5.41, 5.74) is 0.542. The van der Waals surface area contributed by atoms with Crippen molar-refractivity contribution in [2.24, 2.45) is 0 Å². The van der Waals surface area contributed by atoms with Gasteiger partial charge in [0.1, 0.15) is 22.3 Å². The molecular formula is C21H18FO2S+. The van der Waals surface area contributed by atoms with Gasteiger partial charge in [0.15, 0.2) is 14.7 Å². The molecular weight excluding hydrogens is 335 g/mol. The van der Waals surface area contributed by atoms with Crippen molar-refractivity contribution in [3.8, 4) is 0 Å². The van der Waals surface area contributed by atoms with Crippen LogP contribution in [0.15, 0.2) is 93.5 Å². The van der Waals surface area contributed by atoms with Crippen molar-refractivity contribution < 1.29 is 13.9 Å². The van der Waals surface area contributed by atoms with Crippen molar-refractivity contribution in [2.45, 2.75) is 21.6 Å². The molecule has 0 radical (unpaired) electrons. The molecule has 0 fully saturated rings. The van der Waals surface area contributed by atoms with E-state index in [4.69, 9.17) is 4.74 Å². The second kappa shape index (κ2) is 7.99. The Bertz CT molecular complexity index is 847. The molecule has 0 heterocycles. The highest BCUT2D eigenvalue weighted by Gasteiger charge is 2.33. The Hall–Kier alpha value is -2.59. The summed E-state index contributed by atoms with van der Waals surface area (Å²) in [5, 5.41) is 0. The van der Waals surface area contributed by atoms with E-state index in [0.717, 1.165) is 14.7 Å². The monoisotopic (exact) mass is 353 g/mol. The minimum Gasteiger partial charge on any atom is -0.462 e. The van der Waals surface area contributed by atoms with E-state index in [1.807, 2.05) is 48.5 Å². The standard InChI is InChI=1S/C21H18FO2S/c1-2-24-21(23)19-10-6-7-11-20(19)25(17-8-4-3-5-9-17)18-14-12-16(22)13-15-18/h3-15H,2H2,1H3/q+1. The molecule has 3 aromatic carbocycles. The van der Waals surface area contributed by atoms with E-state index in [0.29, 0.717) is 12.2 Å². The molecule has 25 heavy (non-hydrogen) atoms. The van der Waals surface area contributed by atoms with Crippen molar-refractivity contribution in [1.29, 1.82) is 0 Å². The summed E-state index contributed by atoms with van der Waals surface area (Å²) in [7, 11) is -0.526. The van der Waals surface area contributed by atoms with Crippen LogP contribution in [-0.2, 0) is 15.6 Å². The highest BCUT2D eigenvalue weighted by Crippen LogP contribution is 2.33. The molecule has 0 aromatic heterocycles. The molecule has 0 aliphatic rings. The first-order valence-electron chi connectivity index (χ1n) is 8.01. The summed E-state index contributed by atoms with van der Waals surface area (Å²) in [6.07, 6.45) is 0. The van der Waals surface area contributed by atoms with E-state index >= 15 is 0 Å². The van der Waals surface area contributed by atoms with Crippen molar-refractivity contribution in [3.63, 3.8) is 0 Å². The van der Waals surface area contributed by atoms with Crippen LogP contribution >= 0.6 is 0 Å². The molecule has 3 rings (SSSR count). The minimum atomic E-state index is -0.526. The first kappa shape index (κ1) is 17.2. The minimum absolute atomic E-state index is 0.279. The fraction of sp³-hybridized carbons (Fsp3) is 0.0952. The molecule has 4 heteroatoms. The Labute approximate surface area is 149 Å². The molecule has 2 nitrogen and oxygen atoms in total. The Morgan fingerprint density at radius 1 is 0.880 bits per heavy atom. The number of carbonyl (C=O) groups is 1. The quantitative estimate of drug-likeness (QED) is 0.471. The van der Waals surface area contributed by atoms with Crippen LogP contribution in [0.2, 0.25) is 0 Å². The lowest BCUT2D eigenvalue weighted by Crippen LogP contribution is -2.13. The van der Waals surface area contributed by atoms with Crippen LogP contribution in [0.5, 0.6) is 0 Å². The predicted octanol–water partition coefficient (Wildman–Crippen LogP) is 5.10. The van der Waals surface area contributed by atoms with Gasteiger partial charge in [0.2, 0.25) is 0 Å². The Morgan fingerprint density at radius 3 is 2.16 bits per heavy atom. The maximum absolute atomic E-state index is 13.4. The maximum Gasteiger partial charge on any atom is 0.343 e. The van der Waals surface area contributed by atoms with Gasteiger partial charge in [-0.1, -0.05) is 30.3 Å². The average molecular weight is 353 g/mol. The largest absolute Gasteiger partial charge is 0.462 e. The maximum atomic E-state index is 13.4. The van der Waals surface area contributed by atoms with Crippen molar-refractivity contribution >= 4 is 16.9 Å². The fourth-order valence-electron chi connectivity index (χ4n) is 2.54. The summed E-state index contributed by atoms with van der Waals surface area (Å²) >= 11 is 0. The third-order valence-corrected chi connectivity index (χ3v) is 5.91. The molecule has 0 amide bonds. The number of hydrogen-bond donors (Lipinski definition) is 0. The molecule has 0 aliphatic carbocycles. The van der Waals surface area contributed by atoms with Crippen LogP contribution in [0.25, 0.3) is 0 Å². The van der Waals surface area contributed by atoms with Crippen LogP contribution in [-0.4, -0.2) is 12.6 Å². The number of halogens is 1. The van der Waals surface area contributed by atoms with Gasteiger partial charge >= 0.3 is 5.97 Å². The normalized spacial score (nSPS) is 11.8. The summed E-state index contributed by atoms with van der Waals surface area (Å²) in [5.74, 6) is -0.618. The molecule has 0 aliphatic heterocycles. The van der Waals surface area contributed by atoms with Gasteiger partial charge in [-0.15, -0.1) is 0 Å². The van der Waals surface area contributed by atoms with Crippen LogP contribution in [0.1, 0.15) is 17.3 Å². The highest BCUT2D eigenvalue weighted by atomic mass is 32.2. The zero-order valence-electron chi connectivity index (χ0n) is 13.8. The number of esters is 1. The number of rotatable bonds is 5. The van der Waals surface area contributed by atoms with E-state index in [1.54, 1.807) is 25.1 Å². The highest BCUT2D eigenvalue weighted by molar-refractivity contribution is 7.97. The van der Waals surface area contributed by atoms with Gasteiger partial charge in [-0.05, 0) is 55.5 Å². The predicted molar refractivity (Wildman–Crippen MR) is 97.4 cm³/mol. The van der Waals surface area contributed by atoms with E-state index in [9.17, 15) is 9.18 Å². The third-order valence-electron chi connectivity index (χ3n) is 3.63. The first-order chi connectivity index (χ1) is 12.2. The smallest absolute Gasteiger partial charge is 0.343 e. The van der Waals surface area contributed by atoms with Gasteiger partial charge in [-0.3, -0.25) is 0 Å². The zero-order valence-corrected chi connectivity index (χ0v) is 14.6. The van der Waals surface area contributed by atoms with Gasteiger partial charge in [-0.2, -0.15) is 0 Å². The zero-order chi connectivity index (χ0) is 17.6. The molecule has 126 valence electrons. The molecule has 3 aromatic rings. The number of carbonyl (C=O) groups excluding carboxylic acids is 1. The van der Waals surface area contributed by atoms with Gasteiger partial charge in [0.05, 0.1) is 6.61 Å². The number of benzene rings is 3. The number of hydrogen-bond acceptors (Lipinski definition) is 2. The summed E-state index contributed by atoms with van der Waals surface area (Å²) < 4.78 is 18.6. The van der Waals surface area contributed by atoms with Crippen LogP contribution in [0.3, 0.4) is 0 Å². The van der Waals surface area contributed by atoms with Crippen molar-refractivity contribution in [3.05, 3.63) is 90.2 Å². The molecule has 0 spiro atoms. The fourth-order valence-corrected chi connectivity index (χ4v) is 4.74. The van der Waals surface area contributed by atoms with E-state index in [2.05, 4.69) is 0 Å². The summed E-state index contributed by atoms with van der Waals surface area (Å²) in [6.45, 7) is 2.11. The van der Waals surface area contributed by atoms with Crippen molar-refractivity contribution in [2.75, 3.05) is 6.61 Å². The third kappa shape index (κ3) is 3.91.